The largest absolute Gasteiger partial charge is 0.297 e. The number of fused-ring (bicyclic) bond motifs is 1. The first-order chi connectivity index (χ1) is 10.2. The predicted molar refractivity (Wildman–Crippen MR) is 81.3 cm³/mol. The molecule has 5 nitrogen and oxygen atoms in total. The predicted octanol–water partition coefficient (Wildman–Crippen LogP) is 2.50. The van der Waals surface area contributed by atoms with Crippen LogP contribution in [0.3, 0.4) is 0 Å². The van der Waals surface area contributed by atoms with Crippen LogP contribution in [0.25, 0.3) is 11.0 Å². The smallest absolute Gasteiger partial charge is 0.157 e. The van der Waals surface area contributed by atoms with E-state index in [0.717, 1.165) is 27.9 Å². The summed E-state index contributed by atoms with van der Waals surface area (Å²) in [6.07, 6.45) is 1.85. The lowest BCUT2D eigenvalue weighted by atomic mass is 10.2. The molecule has 5 heteroatoms. The van der Waals surface area contributed by atoms with Gasteiger partial charge in [-0.1, -0.05) is 30.3 Å². The number of benzene rings is 1. The molecule has 0 radical (unpaired) electrons. The van der Waals surface area contributed by atoms with Gasteiger partial charge in [0.05, 0.1) is 12.3 Å². The van der Waals surface area contributed by atoms with Crippen LogP contribution in [0.4, 0.5) is 0 Å². The third kappa shape index (κ3) is 3.09. The Morgan fingerprint density at radius 1 is 1.19 bits per heavy atom. The van der Waals surface area contributed by atoms with Crippen LogP contribution in [0.1, 0.15) is 16.8 Å². The van der Waals surface area contributed by atoms with Crippen molar-refractivity contribution in [3.8, 4) is 0 Å². The van der Waals surface area contributed by atoms with Gasteiger partial charge in [0.25, 0.3) is 0 Å². The Kier molecular flexibility index (Phi) is 3.94. The number of pyridine rings is 1. The molecule has 2 aromatic heterocycles. The van der Waals surface area contributed by atoms with Crippen LogP contribution < -0.4 is 5.48 Å². The summed E-state index contributed by atoms with van der Waals surface area (Å²) in [6.45, 7) is 3.15. The number of rotatable bonds is 5. The fraction of sp³-hybridized carbons (Fsp3) is 0.250. The van der Waals surface area contributed by atoms with Crippen molar-refractivity contribution in [3.05, 3.63) is 59.4 Å². The van der Waals surface area contributed by atoms with Gasteiger partial charge in [-0.2, -0.15) is 10.6 Å². The second-order valence-corrected chi connectivity index (χ2v) is 5.02. The summed E-state index contributed by atoms with van der Waals surface area (Å²) in [5.74, 6) is 0. The first-order valence-electron chi connectivity index (χ1n) is 6.91. The molecule has 0 saturated heterocycles. The molecule has 3 rings (SSSR count). The number of hydroxylamine groups is 1. The highest BCUT2D eigenvalue weighted by molar-refractivity contribution is 5.78. The van der Waals surface area contributed by atoms with E-state index >= 15 is 0 Å². The summed E-state index contributed by atoms with van der Waals surface area (Å²) in [4.78, 5) is 9.92. The van der Waals surface area contributed by atoms with E-state index in [1.165, 1.54) is 0 Å². The summed E-state index contributed by atoms with van der Waals surface area (Å²) < 4.78 is 1.80. The van der Waals surface area contributed by atoms with Gasteiger partial charge in [0.15, 0.2) is 5.65 Å². The third-order valence-corrected chi connectivity index (χ3v) is 3.38. The first-order valence-corrected chi connectivity index (χ1v) is 6.91. The monoisotopic (exact) mass is 282 g/mol. The fourth-order valence-electron chi connectivity index (χ4n) is 2.29. The summed E-state index contributed by atoms with van der Waals surface area (Å²) in [6, 6.07) is 12.2. The molecule has 108 valence electrons. The Balaban J connectivity index is 1.59. The Bertz CT molecular complexity index is 737. The molecule has 0 spiro atoms. The number of nitrogens with zero attached hydrogens (tertiary/aromatic N) is 3. The summed E-state index contributed by atoms with van der Waals surface area (Å²) in [5.41, 5.74) is 7.09. The molecule has 1 N–H and O–H groups in total. The number of aromatic nitrogens is 3. The van der Waals surface area contributed by atoms with Gasteiger partial charge in [-0.15, -0.1) is 0 Å². The second-order valence-electron chi connectivity index (χ2n) is 5.02. The van der Waals surface area contributed by atoms with Gasteiger partial charge in [-0.25, -0.2) is 4.98 Å². The molecule has 0 unspecified atom stereocenters. The molecule has 0 fully saturated rings. The van der Waals surface area contributed by atoms with Gasteiger partial charge < -0.3 is 0 Å². The maximum absolute atomic E-state index is 5.47. The van der Waals surface area contributed by atoms with Crippen molar-refractivity contribution in [2.75, 3.05) is 0 Å². The maximum Gasteiger partial charge on any atom is 0.157 e. The Labute approximate surface area is 123 Å². The minimum atomic E-state index is 0.544. The van der Waals surface area contributed by atoms with Crippen LogP contribution in [-0.2, 0) is 25.0 Å². The second kappa shape index (κ2) is 6.03. The zero-order valence-electron chi connectivity index (χ0n) is 12.2. The highest BCUT2D eigenvalue weighted by Crippen LogP contribution is 2.16. The molecular weight excluding hydrogens is 264 g/mol. The molecule has 0 amide bonds. The van der Waals surface area contributed by atoms with Crippen molar-refractivity contribution >= 4 is 11.0 Å². The number of nitrogens with one attached hydrogen (secondary N) is 1. The van der Waals surface area contributed by atoms with E-state index in [-0.39, 0.29) is 0 Å². The maximum atomic E-state index is 5.47. The summed E-state index contributed by atoms with van der Waals surface area (Å²) in [5, 5.41) is 5.45. The fourth-order valence-corrected chi connectivity index (χ4v) is 2.29. The van der Waals surface area contributed by atoms with Crippen molar-refractivity contribution in [1.29, 1.82) is 0 Å². The van der Waals surface area contributed by atoms with E-state index < -0.39 is 0 Å². The van der Waals surface area contributed by atoms with Crippen molar-refractivity contribution in [3.63, 3.8) is 0 Å². The van der Waals surface area contributed by atoms with Crippen LogP contribution >= 0.6 is 0 Å². The average Bonchev–Trinajstić information content (AvgIpc) is 2.79. The summed E-state index contributed by atoms with van der Waals surface area (Å²) >= 11 is 0. The van der Waals surface area contributed by atoms with Crippen molar-refractivity contribution in [2.24, 2.45) is 7.05 Å². The normalized spacial score (nSPS) is 11.1. The van der Waals surface area contributed by atoms with Crippen LogP contribution in [0.2, 0.25) is 0 Å². The van der Waals surface area contributed by atoms with Crippen LogP contribution in [0.5, 0.6) is 0 Å². The minimum Gasteiger partial charge on any atom is -0.297 e. The van der Waals surface area contributed by atoms with E-state index in [4.69, 9.17) is 4.84 Å². The Morgan fingerprint density at radius 3 is 2.81 bits per heavy atom. The van der Waals surface area contributed by atoms with Crippen LogP contribution in [-0.4, -0.2) is 14.8 Å². The molecule has 0 atom stereocenters. The molecule has 0 aliphatic heterocycles. The number of hydrogen-bond donors (Lipinski definition) is 1. The molecule has 0 aliphatic carbocycles. The Hall–Kier alpha value is -2.24. The number of aryl methyl sites for hydroxylation is 2. The average molecular weight is 282 g/mol. The van der Waals surface area contributed by atoms with E-state index in [2.05, 4.69) is 21.6 Å². The van der Waals surface area contributed by atoms with Crippen LogP contribution in [0.15, 0.2) is 42.6 Å². The standard InChI is InChI=1S/C16H18N4O/c1-12-15-8-14(9-17-16(15)20(2)19-12)10-18-21-11-13-6-4-3-5-7-13/h3-9,18H,10-11H2,1-2H3. The quantitative estimate of drug-likeness (QED) is 0.577. The first kappa shape index (κ1) is 13.7. The topological polar surface area (TPSA) is 52.0 Å². The third-order valence-electron chi connectivity index (χ3n) is 3.38. The molecule has 21 heavy (non-hydrogen) atoms. The molecule has 0 bridgehead atoms. The zero-order valence-corrected chi connectivity index (χ0v) is 12.2. The lowest BCUT2D eigenvalue weighted by Gasteiger charge is -2.06. The van der Waals surface area contributed by atoms with Crippen LogP contribution in [0, 0.1) is 6.92 Å². The SMILES string of the molecule is Cc1nn(C)c2ncc(CNOCc3ccccc3)cc12. The molecule has 0 aliphatic rings. The van der Waals surface area contributed by atoms with E-state index in [1.807, 2.05) is 50.5 Å². The highest BCUT2D eigenvalue weighted by Gasteiger charge is 2.06. The van der Waals surface area contributed by atoms with Crippen molar-refractivity contribution in [1.82, 2.24) is 20.2 Å². The molecule has 2 heterocycles. The molecule has 0 saturated carbocycles. The van der Waals surface area contributed by atoms with Gasteiger partial charge in [0, 0.05) is 25.2 Å². The van der Waals surface area contributed by atoms with Gasteiger partial charge in [-0.3, -0.25) is 9.52 Å². The van der Waals surface area contributed by atoms with E-state index in [0.29, 0.717) is 13.2 Å². The molecule has 1 aromatic carbocycles. The van der Waals surface area contributed by atoms with Crippen molar-refractivity contribution < 1.29 is 4.84 Å². The van der Waals surface area contributed by atoms with Gasteiger partial charge in [0.2, 0.25) is 0 Å². The van der Waals surface area contributed by atoms with Gasteiger partial charge in [0.1, 0.15) is 0 Å². The van der Waals surface area contributed by atoms with E-state index in [9.17, 15) is 0 Å². The highest BCUT2D eigenvalue weighted by atomic mass is 16.6. The minimum absolute atomic E-state index is 0.544. The van der Waals surface area contributed by atoms with Gasteiger partial charge >= 0.3 is 0 Å². The lowest BCUT2D eigenvalue weighted by Crippen LogP contribution is -2.14. The molecule has 3 aromatic rings. The molecular formula is C16H18N4O. The lowest BCUT2D eigenvalue weighted by molar-refractivity contribution is 0.0235. The summed E-state index contributed by atoms with van der Waals surface area (Å²) in [7, 11) is 1.91. The number of hydrogen-bond acceptors (Lipinski definition) is 4. The van der Waals surface area contributed by atoms with E-state index in [1.54, 1.807) is 4.68 Å². The Morgan fingerprint density at radius 2 is 2.00 bits per heavy atom. The zero-order chi connectivity index (χ0) is 14.7. The van der Waals surface area contributed by atoms with Crippen molar-refractivity contribution in [2.45, 2.75) is 20.1 Å². The van der Waals surface area contributed by atoms with Gasteiger partial charge in [-0.05, 0) is 24.1 Å².